The molecule has 0 saturated heterocycles. The van der Waals surface area contributed by atoms with Crippen molar-refractivity contribution in [3.05, 3.63) is 29.1 Å². The van der Waals surface area contributed by atoms with Gasteiger partial charge in [-0.1, -0.05) is 22.4 Å². The number of halogens is 2. The highest BCUT2D eigenvalue weighted by atomic mass is 79.9. The molecular formula is C14H19BrFNO2S. The highest BCUT2D eigenvalue weighted by Crippen LogP contribution is 2.31. The minimum Gasteiger partial charge on any atom is -0.211 e. The van der Waals surface area contributed by atoms with Crippen molar-refractivity contribution in [3.63, 3.8) is 0 Å². The molecule has 1 saturated carbocycles. The van der Waals surface area contributed by atoms with E-state index < -0.39 is 15.8 Å². The second-order valence-electron chi connectivity index (χ2n) is 5.43. The molecule has 2 unspecified atom stereocenters. The monoisotopic (exact) mass is 363 g/mol. The number of nitrogens with one attached hydrogen (secondary N) is 1. The zero-order valence-corrected chi connectivity index (χ0v) is 14.0. The van der Waals surface area contributed by atoms with Gasteiger partial charge >= 0.3 is 0 Å². The van der Waals surface area contributed by atoms with E-state index in [4.69, 9.17) is 0 Å². The summed E-state index contributed by atoms with van der Waals surface area (Å²) >= 11 is 3.58. The number of rotatable bonds is 4. The third-order valence-electron chi connectivity index (χ3n) is 3.80. The van der Waals surface area contributed by atoms with E-state index in [1.54, 1.807) is 13.8 Å². The average Bonchev–Trinajstić information content (AvgIpc) is 2.70. The van der Waals surface area contributed by atoms with E-state index in [9.17, 15) is 12.8 Å². The van der Waals surface area contributed by atoms with Crippen LogP contribution in [0.25, 0.3) is 0 Å². The Hall–Kier alpha value is -0.460. The molecule has 0 aromatic heterocycles. The quantitative estimate of drug-likeness (QED) is 0.834. The van der Waals surface area contributed by atoms with Crippen LogP contribution in [0.2, 0.25) is 0 Å². The Morgan fingerprint density at radius 3 is 2.40 bits per heavy atom. The van der Waals surface area contributed by atoms with Crippen LogP contribution in [0.1, 0.15) is 30.4 Å². The number of alkyl halides is 1. The topological polar surface area (TPSA) is 46.2 Å². The number of hydrogen-bond donors (Lipinski definition) is 1. The molecule has 0 aliphatic heterocycles. The minimum atomic E-state index is -3.59. The van der Waals surface area contributed by atoms with Gasteiger partial charge in [0.05, 0.1) is 4.90 Å². The molecule has 6 heteroatoms. The molecule has 0 radical (unpaired) electrons. The lowest BCUT2D eigenvalue weighted by Crippen LogP contribution is -2.32. The maximum absolute atomic E-state index is 13.3. The first-order chi connectivity index (χ1) is 9.31. The van der Waals surface area contributed by atoms with Crippen LogP contribution in [0.15, 0.2) is 17.0 Å². The summed E-state index contributed by atoms with van der Waals surface area (Å²) in [5.41, 5.74) is 0.883. The Labute approximate surface area is 128 Å². The summed E-state index contributed by atoms with van der Waals surface area (Å²) in [6.07, 6.45) is 3.23. The molecule has 0 amide bonds. The lowest BCUT2D eigenvalue weighted by atomic mass is 10.1. The summed E-state index contributed by atoms with van der Waals surface area (Å²) in [7, 11) is -3.59. The minimum absolute atomic E-state index is 0.197. The van der Waals surface area contributed by atoms with Gasteiger partial charge in [-0.05, 0) is 55.9 Å². The number of aryl methyl sites for hydroxylation is 2. The normalized spacial score (nSPS) is 23.2. The molecule has 1 aliphatic carbocycles. The SMILES string of the molecule is Cc1cc(F)cc(C)c1S(=O)(=O)NCC1CCCC1Br. The largest absolute Gasteiger partial charge is 0.241 e. The first-order valence-corrected chi connectivity index (χ1v) is 9.11. The lowest BCUT2D eigenvalue weighted by Gasteiger charge is -2.17. The van der Waals surface area contributed by atoms with Gasteiger partial charge in [0, 0.05) is 11.4 Å². The van der Waals surface area contributed by atoms with Crippen molar-refractivity contribution in [2.24, 2.45) is 5.92 Å². The van der Waals surface area contributed by atoms with Crippen molar-refractivity contribution in [2.75, 3.05) is 6.54 Å². The average molecular weight is 364 g/mol. The molecule has 0 spiro atoms. The summed E-state index contributed by atoms with van der Waals surface area (Å²) < 4.78 is 40.7. The van der Waals surface area contributed by atoms with Gasteiger partial charge in [0.1, 0.15) is 5.82 Å². The highest BCUT2D eigenvalue weighted by molar-refractivity contribution is 9.09. The molecular weight excluding hydrogens is 345 g/mol. The molecule has 2 rings (SSSR count). The Morgan fingerprint density at radius 2 is 1.90 bits per heavy atom. The second kappa shape index (κ2) is 6.12. The summed E-state index contributed by atoms with van der Waals surface area (Å²) in [4.78, 5) is 0.573. The van der Waals surface area contributed by atoms with Crippen molar-refractivity contribution in [1.29, 1.82) is 0 Å². The van der Waals surface area contributed by atoms with E-state index in [2.05, 4.69) is 20.7 Å². The number of hydrogen-bond acceptors (Lipinski definition) is 2. The maximum Gasteiger partial charge on any atom is 0.241 e. The zero-order valence-electron chi connectivity index (χ0n) is 11.6. The van der Waals surface area contributed by atoms with E-state index in [0.717, 1.165) is 19.3 Å². The molecule has 0 bridgehead atoms. The van der Waals surface area contributed by atoms with E-state index in [1.807, 2.05) is 0 Å². The van der Waals surface area contributed by atoms with Crippen LogP contribution >= 0.6 is 15.9 Å². The van der Waals surface area contributed by atoms with Crippen molar-refractivity contribution in [2.45, 2.75) is 42.8 Å². The molecule has 3 nitrogen and oxygen atoms in total. The van der Waals surface area contributed by atoms with Gasteiger partial charge in [-0.25, -0.2) is 17.5 Å². The molecule has 1 aromatic carbocycles. The standard InChI is InChI=1S/C14H19BrFNO2S/c1-9-6-12(16)7-10(2)14(9)20(18,19)17-8-11-4-3-5-13(11)15/h6-7,11,13,17H,3-5,8H2,1-2H3. The highest BCUT2D eigenvalue weighted by Gasteiger charge is 2.27. The molecule has 0 heterocycles. The molecule has 1 aliphatic rings. The zero-order chi connectivity index (χ0) is 14.9. The van der Waals surface area contributed by atoms with E-state index in [0.29, 0.717) is 28.4 Å². The summed E-state index contributed by atoms with van der Waals surface area (Å²) in [5.74, 6) is -0.0823. The van der Waals surface area contributed by atoms with Gasteiger partial charge in [0.2, 0.25) is 10.0 Å². The maximum atomic E-state index is 13.3. The van der Waals surface area contributed by atoms with Crippen molar-refractivity contribution in [3.8, 4) is 0 Å². The fourth-order valence-corrected chi connectivity index (χ4v) is 5.15. The first kappa shape index (κ1) is 15.9. The van der Waals surface area contributed by atoms with E-state index in [-0.39, 0.29) is 4.90 Å². The van der Waals surface area contributed by atoms with Crippen LogP contribution in [0, 0.1) is 25.6 Å². The fraction of sp³-hybridized carbons (Fsp3) is 0.571. The molecule has 112 valence electrons. The van der Waals surface area contributed by atoms with Crippen molar-refractivity contribution >= 4 is 26.0 Å². The van der Waals surface area contributed by atoms with Crippen LogP contribution in [0.3, 0.4) is 0 Å². The van der Waals surface area contributed by atoms with Gasteiger partial charge in [0.15, 0.2) is 0 Å². The Balaban J connectivity index is 2.18. The summed E-state index contributed by atoms with van der Waals surface area (Å²) in [6, 6.07) is 2.51. The molecule has 1 fully saturated rings. The Morgan fingerprint density at radius 1 is 1.30 bits per heavy atom. The third-order valence-corrected chi connectivity index (χ3v) is 6.73. The van der Waals surface area contributed by atoms with Crippen LogP contribution in [0.5, 0.6) is 0 Å². The Kier molecular flexibility index (Phi) is 4.87. The molecule has 1 N–H and O–H groups in total. The van der Waals surface area contributed by atoms with Crippen LogP contribution in [0.4, 0.5) is 4.39 Å². The van der Waals surface area contributed by atoms with Crippen LogP contribution < -0.4 is 4.72 Å². The van der Waals surface area contributed by atoms with Crippen molar-refractivity contribution in [1.82, 2.24) is 4.72 Å². The van der Waals surface area contributed by atoms with E-state index in [1.165, 1.54) is 12.1 Å². The van der Waals surface area contributed by atoms with Gasteiger partial charge in [-0.3, -0.25) is 0 Å². The molecule has 2 atom stereocenters. The Bertz CT molecular complexity index is 580. The predicted octanol–water partition coefficient (Wildman–Crippen LogP) is 3.28. The van der Waals surface area contributed by atoms with E-state index >= 15 is 0 Å². The summed E-state index contributed by atoms with van der Waals surface area (Å²) in [5, 5.41) is 0. The second-order valence-corrected chi connectivity index (χ2v) is 8.31. The number of benzene rings is 1. The molecule has 20 heavy (non-hydrogen) atoms. The van der Waals surface area contributed by atoms with Gasteiger partial charge in [0.25, 0.3) is 0 Å². The predicted molar refractivity (Wildman–Crippen MR) is 81.1 cm³/mol. The van der Waals surface area contributed by atoms with Crippen molar-refractivity contribution < 1.29 is 12.8 Å². The summed E-state index contributed by atoms with van der Waals surface area (Å²) in [6.45, 7) is 3.66. The fourth-order valence-electron chi connectivity index (χ4n) is 2.83. The first-order valence-electron chi connectivity index (χ1n) is 6.72. The third kappa shape index (κ3) is 3.40. The van der Waals surface area contributed by atoms with Crippen LogP contribution in [-0.4, -0.2) is 19.8 Å². The van der Waals surface area contributed by atoms with Gasteiger partial charge < -0.3 is 0 Å². The number of sulfonamides is 1. The van der Waals surface area contributed by atoms with Crippen LogP contribution in [-0.2, 0) is 10.0 Å². The lowest BCUT2D eigenvalue weighted by molar-refractivity contribution is 0.528. The van der Waals surface area contributed by atoms with Gasteiger partial charge in [-0.2, -0.15) is 0 Å². The van der Waals surface area contributed by atoms with Gasteiger partial charge in [-0.15, -0.1) is 0 Å². The molecule has 1 aromatic rings. The smallest absolute Gasteiger partial charge is 0.211 e.